The first-order valence-electron chi connectivity index (χ1n) is 9.10. The number of hydrogen-bond acceptors (Lipinski definition) is 5. The predicted octanol–water partition coefficient (Wildman–Crippen LogP) is 4.63. The quantitative estimate of drug-likeness (QED) is 0.317. The molecule has 0 fully saturated rings. The highest BCUT2D eigenvalue weighted by atomic mass is 79.9. The number of amides is 1. The number of benzene rings is 2. The fraction of sp³-hybridized carbons (Fsp3) is 0.350. The SMILES string of the molecule is NCCCOc1c(Br)cc(Br)cc1CC(N=O)C(=O)NCCc1ccc(Cl)cc1. The normalized spacial score (nSPS) is 11.7. The van der Waals surface area contributed by atoms with Crippen molar-refractivity contribution >= 4 is 49.4 Å². The monoisotopic (exact) mass is 545 g/mol. The van der Waals surface area contributed by atoms with Crippen molar-refractivity contribution in [1.82, 2.24) is 5.32 Å². The lowest BCUT2D eigenvalue weighted by molar-refractivity contribution is -0.122. The summed E-state index contributed by atoms with van der Waals surface area (Å²) in [5, 5.41) is 6.46. The Morgan fingerprint density at radius 2 is 1.97 bits per heavy atom. The molecule has 2 rings (SSSR count). The van der Waals surface area contributed by atoms with Crippen LogP contribution in [0.2, 0.25) is 5.02 Å². The van der Waals surface area contributed by atoms with E-state index in [1.807, 2.05) is 24.3 Å². The van der Waals surface area contributed by atoms with Gasteiger partial charge in [0.1, 0.15) is 5.75 Å². The topological polar surface area (TPSA) is 93.8 Å². The molecule has 2 aromatic carbocycles. The summed E-state index contributed by atoms with van der Waals surface area (Å²) in [5.74, 6) is 0.169. The fourth-order valence-electron chi connectivity index (χ4n) is 2.67. The van der Waals surface area contributed by atoms with Gasteiger partial charge in [0.2, 0.25) is 5.91 Å². The maximum atomic E-state index is 12.5. The second kappa shape index (κ2) is 12.3. The molecule has 0 saturated carbocycles. The third kappa shape index (κ3) is 7.70. The zero-order valence-electron chi connectivity index (χ0n) is 15.7. The Kier molecular flexibility index (Phi) is 10.1. The molecule has 6 nitrogen and oxygen atoms in total. The van der Waals surface area contributed by atoms with Gasteiger partial charge in [0.15, 0.2) is 6.04 Å². The van der Waals surface area contributed by atoms with Crippen LogP contribution in [-0.4, -0.2) is 31.6 Å². The van der Waals surface area contributed by atoms with Crippen LogP contribution in [0.3, 0.4) is 0 Å². The second-order valence-electron chi connectivity index (χ2n) is 6.36. The van der Waals surface area contributed by atoms with E-state index < -0.39 is 11.9 Å². The van der Waals surface area contributed by atoms with Crippen LogP contribution in [0.4, 0.5) is 0 Å². The number of nitrogens with zero attached hydrogens (tertiary/aromatic N) is 1. The summed E-state index contributed by atoms with van der Waals surface area (Å²) in [6.07, 6.45) is 1.46. The van der Waals surface area contributed by atoms with Gasteiger partial charge in [-0.1, -0.05) is 44.8 Å². The van der Waals surface area contributed by atoms with E-state index in [0.717, 1.165) is 14.5 Å². The van der Waals surface area contributed by atoms with Crippen LogP contribution >= 0.6 is 43.5 Å². The molecular weight excluding hydrogens is 525 g/mol. The number of carbonyl (C=O) groups is 1. The van der Waals surface area contributed by atoms with Gasteiger partial charge in [-0.15, -0.1) is 4.91 Å². The maximum Gasteiger partial charge on any atom is 0.248 e. The Labute approximate surface area is 191 Å². The molecule has 1 atom stereocenters. The smallest absolute Gasteiger partial charge is 0.248 e. The van der Waals surface area contributed by atoms with Gasteiger partial charge in [-0.05, 0) is 70.7 Å². The van der Waals surface area contributed by atoms with Crippen LogP contribution in [-0.2, 0) is 17.6 Å². The van der Waals surface area contributed by atoms with E-state index in [9.17, 15) is 9.70 Å². The van der Waals surface area contributed by atoms with Crippen molar-refractivity contribution in [3.8, 4) is 5.75 Å². The first kappa shape index (κ1) is 23.8. The number of ether oxygens (including phenoxy) is 1. The van der Waals surface area contributed by atoms with Crippen molar-refractivity contribution in [3.63, 3.8) is 0 Å². The highest BCUT2D eigenvalue weighted by Crippen LogP contribution is 2.34. The Morgan fingerprint density at radius 1 is 1.24 bits per heavy atom. The Bertz CT molecular complexity index is 834. The lowest BCUT2D eigenvalue weighted by atomic mass is 10.0. The molecule has 1 amide bonds. The fourth-order valence-corrected chi connectivity index (χ4v) is 4.22. The van der Waals surface area contributed by atoms with Crippen molar-refractivity contribution in [3.05, 3.63) is 66.4 Å². The second-order valence-corrected chi connectivity index (χ2v) is 8.57. The van der Waals surface area contributed by atoms with Crippen LogP contribution in [0.1, 0.15) is 17.5 Å². The first-order valence-corrected chi connectivity index (χ1v) is 11.1. The summed E-state index contributed by atoms with van der Waals surface area (Å²) in [6, 6.07) is 10.00. The lowest BCUT2D eigenvalue weighted by Crippen LogP contribution is -2.36. The number of rotatable bonds is 11. The lowest BCUT2D eigenvalue weighted by Gasteiger charge is -2.16. The molecule has 1 unspecified atom stereocenters. The highest BCUT2D eigenvalue weighted by Gasteiger charge is 2.23. The number of carbonyl (C=O) groups excluding carboxylic acids is 1. The van der Waals surface area contributed by atoms with E-state index in [0.29, 0.717) is 48.9 Å². The molecule has 156 valence electrons. The predicted molar refractivity (Wildman–Crippen MR) is 122 cm³/mol. The zero-order chi connectivity index (χ0) is 21.2. The average Bonchev–Trinajstić information content (AvgIpc) is 2.69. The van der Waals surface area contributed by atoms with Crippen LogP contribution in [0, 0.1) is 4.91 Å². The van der Waals surface area contributed by atoms with Gasteiger partial charge in [0, 0.05) is 22.5 Å². The molecule has 3 N–H and O–H groups in total. The molecule has 0 aliphatic carbocycles. The number of nitroso groups, excluding NO2 is 1. The zero-order valence-corrected chi connectivity index (χ0v) is 19.6. The van der Waals surface area contributed by atoms with E-state index in [-0.39, 0.29) is 6.42 Å². The largest absolute Gasteiger partial charge is 0.492 e. The van der Waals surface area contributed by atoms with Crippen molar-refractivity contribution in [2.45, 2.75) is 25.3 Å². The summed E-state index contributed by atoms with van der Waals surface area (Å²) in [4.78, 5) is 23.8. The molecular formula is C20H22Br2ClN3O3. The highest BCUT2D eigenvalue weighted by molar-refractivity contribution is 9.11. The Hall–Kier alpha value is -1.48. The number of nitrogens with two attached hydrogens (primary N) is 1. The minimum atomic E-state index is -1.06. The molecule has 0 aliphatic heterocycles. The van der Waals surface area contributed by atoms with Gasteiger partial charge in [0.25, 0.3) is 0 Å². The van der Waals surface area contributed by atoms with E-state index in [4.69, 9.17) is 22.1 Å². The molecule has 0 radical (unpaired) electrons. The number of halogens is 3. The van der Waals surface area contributed by atoms with Gasteiger partial charge in [-0.3, -0.25) is 4.79 Å². The van der Waals surface area contributed by atoms with E-state index in [1.165, 1.54) is 0 Å². The Morgan fingerprint density at radius 3 is 2.62 bits per heavy atom. The van der Waals surface area contributed by atoms with E-state index in [1.54, 1.807) is 12.1 Å². The maximum absolute atomic E-state index is 12.5. The van der Waals surface area contributed by atoms with Gasteiger partial charge in [-0.25, -0.2) is 0 Å². The molecule has 0 saturated heterocycles. The first-order chi connectivity index (χ1) is 13.9. The molecule has 0 aromatic heterocycles. The van der Waals surface area contributed by atoms with Gasteiger partial charge in [0.05, 0.1) is 11.1 Å². The minimum absolute atomic E-state index is 0.131. The third-order valence-corrected chi connectivity index (χ3v) is 5.45. The summed E-state index contributed by atoms with van der Waals surface area (Å²) in [5.41, 5.74) is 7.26. The van der Waals surface area contributed by atoms with Crippen LogP contribution in [0.5, 0.6) is 5.75 Å². The van der Waals surface area contributed by atoms with Crippen molar-refractivity contribution in [1.29, 1.82) is 0 Å². The van der Waals surface area contributed by atoms with Gasteiger partial charge >= 0.3 is 0 Å². The number of hydrogen-bond donors (Lipinski definition) is 2. The minimum Gasteiger partial charge on any atom is -0.492 e. The molecule has 0 heterocycles. The van der Waals surface area contributed by atoms with Gasteiger partial charge < -0.3 is 15.8 Å². The summed E-state index contributed by atoms with van der Waals surface area (Å²) in [7, 11) is 0. The number of nitrogens with one attached hydrogen (secondary N) is 1. The van der Waals surface area contributed by atoms with Crippen LogP contribution < -0.4 is 15.8 Å². The van der Waals surface area contributed by atoms with E-state index in [2.05, 4.69) is 42.4 Å². The summed E-state index contributed by atoms with van der Waals surface area (Å²) in [6.45, 7) is 1.35. The standard InChI is InChI=1S/C20H22Br2ClN3O3/c21-15-10-14(19(17(22)12-15)29-9-1-7-24)11-18(26-28)20(27)25-8-6-13-2-4-16(23)5-3-13/h2-5,10,12,18H,1,6-9,11,24H2,(H,25,27). The van der Waals surface area contributed by atoms with Crippen molar-refractivity contribution in [2.24, 2.45) is 10.9 Å². The van der Waals surface area contributed by atoms with Crippen molar-refractivity contribution < 1.29 is 9.53 Å². The van der Waals surface area contributed by atoms with Gasteiger partial charge in [-0.2, -0.15) is 0 Å². The molecule has 0 spiro atoms. The van der Waals surface area contributed by atoms with Crippen LogP contribution in [0.25, 0.3) is 0 Å². The molecule has 0 bridgehead atoms. The van der Waals surface area contributed by atoms with E-state index >= 15 is 0 Å². The average molecular weight is 548 g/mol. The third-order valence-electron chi connectivity index (χ3n) is 4.15. The van der Waals surface area contributed by atoms with Crippen molar-refractivity contribution in [2.75, 3.05) is 19.7 Å². The van der Waals surface area contributed by atoms with Crippen LogP contribution in [0.15, 0.2) is 50.5 Å². The molecule has 0 aliphatic rings. The molecule has 29 heavy (non-hydrogen) atoms. The molecule has 2 aromatic rings. The Balaban J connectivity index is 2.01. The summed E-state index contributed by atoms with van der Waals surface area (Å²) < 4.78 is 7.34. The summed E-state index contributed by atoms with van der Waals surface area (Å²) >= 11 is 12.8. The molecule has 9 heteroatoms.